The second-order valence-corrected chi connectivity index (χ2v) is 10.0. The molecule has 0 aromatic carbocycles. The van der Waals surface area contributed by atoms with Crippen LogP contribution in [0.2, 0.25) is 0 Å². The van der Waals surface area contributed by atoms with Gasteiger partial charge in [-0.05, 0) is 26.3 Å². The van der Waals surface area contributed by atoms with Crippen molar-refractivity contribution in [2.75, 3.05) is 29.9 Å². The fourth-order valence-corrected chi connectivity index (χ4v) is 4.29. The number of rotatable bonds is 8. The van der Waals surface area contributed by atoms with Crippen molar-refractivity contribution >= 4 is 28.6 Å². The maximum atomic E-state index is 14.3. The van der Waals surface area contributed by atoms with Crippen molar-refractivity contribution < 1.29 is 18.7 Å². The number of aromatic nitrogens is 6. The number of nitriles is 1. The number of hydrogen-bond donors (Lipinski definition) is 3. The smallest absolute Gasteiger partial charge is 0.255 e. The summed E-state index contributed by atoms with van der Waals surface area (Å²) in [4.78, 5) is 31.8. The predicted molar refractivity (Wildman–Crippen MR) is 141 cm³/mol. The normalized spacial score (nSPS) is 16.1. The zero-order valence-corrected chi connectivity index (χ0v) is 21.7. The van der Waals surface area contributed by atoms with Gasteiger partial charge in [-0.25, -0.2) is 28.7 Å². The third-order valence-electron chi connectivity index (χ3n) is 6.53. The fraction of sp³-hybridized carbons (Fsp3) is 0.346. The number of anilines is 2. The van der Waals surface area contributed by atoms with Crippen LogP contribution in [0.4, 0.5) is 20.4 Å². The second kappa shape index (κ2) is 10.8. The summed E-state index contributed by atoms with van der Waals surface area (Å²) >= 11 is 0. The van der Waals surface area contributed by atoms with Gasteiger partial charge in [-0.15, -0.1) is 0 Å². The number of pyridine rings is 2. The van der Waals surface area contributed by atoms with E-state index in [0.717, 1.165) is 12.4 Å². The van der Waals surface area contributed by atoms with Gasteiger partial charge >= 0.3 is 0 Å². The van der Waals surface area contributed by atoms with Crippen molar-refractivity contribution in [3.05, 3.63) is 60.1 Å². The van der Waals surface area contributed by atoms with Gasteiger partial charge in [0.15, 0.2) is 17.3 Å². The Morgan fingerprint density at radius 2 is 1.98 bits per heavy atom. The van der Waals surface area contributed by atoms with Crippen LogP contribution in [0.1, 0.15) is 36.2 Å². The lowest BCUT2D eigenvalue weighted by molar-refractivity contribution is -0.00177. The van der Waals surface area contributed by atoms with E-state index < -0.39 is 30.0 Å². The molecule has 2 unspecified atom stereocenters. The van der Waals surface area contributed by atoms with E-state index in [2.05, 4.69) is 35.7 Å². The molecule has 0 bridgehead atoms. The maximum absolute atomic E-state index is 14.3. The first-order valence-corrected chi connectivity index (χ1v) is 12.5. The molecule has 0 spiro atoms. The van der Waals surface area contributed by atoms with Gasteiger partial charge in [0, 0.05) is 43.0 Å². The van der Waals surface area contributed by atoms with E-state index in [4.69, 9.17) is 5.26 Å². The number of nitrogens with zero attached hydrogens (tertiary/aromatic N) is 8. The Bertz CT molecular complexity index is 1580. The zero-order chi connectivity index (χ0) is 28.4. The Hall–Kier alpha value is -4.77. The van der Waals surface area contributed by atoms with Gasteiger partial charge in [0.05, 0.1) is 47.6 Å². The van der Waals surface area contributed by atoms with Crippen LogP contribution >= 0.6 is 0 Å². The molecule has 5 heterocycles. The van der Waals surface area contributed by atoms with Gasteiger partial charge in [0.25, 0.3) is 5.91 Å². The molecule has 1 aliphatic rings. The standard InChI is InChI=1S/C26H26F2N10O2/c1-26(2,40)21(28)13-32-24(39)19-12-30-22(38-23-16(9-35-38)5-15(7-29)8-31-23)6-20(19)36-18-3-4-37(14-18)25-33-10-17(27)11-34-25/h5-6,8-12,18,21,40H,3-4,13-14H2,1-2H3,(H,30,36)(H,32,39). The van der Waals surface area contributed by atoms with Crippen molar-refractivity contribution in [1.29, 1.82) is 5.26 Å². The second-order valence-electron chi connectivity index (χ2n) is 10.0. The molecule has 1 amide bonds. The number of carbonyl (C=O) groups is 1. The molecule has 12 nitrogen and oxygen atoms in total. The summed E-state index contributed by atoms with van der Waals surface area (Å²) in [6, 6.07) is 5.21. The first kappa shape index (κ1) is 26.8. The van der Waals surface area contributed by atoms with Crippen LogP contribution in [0, 0.1) is 17.1 Å². The number of carbonyl (C=O) groups excluding carboxylic acids is 1. The fourth-order valence-electron chi connectivity index (χ4n) is 4.29. The summed E-state index contributed by atoms with van der Waals surface area (Å²) in [5.41, 5.74) is -0.168. The minimum Gasteiger partial charge on any atom is -0.387 e. The number of nitrogens with one attached hydrogen (secondary N) is 2. The molecule has 1 aliphatic heterocycles. The molecular weight excluding hydrogens is 522 g/mol. The Labute approximate surface area is 227 Å². The Balaban J connectivity index is 1.43. The van der Waals surface area contributed by atoms with E-state index in [9.17, 15) is 18.7 Å². The van der Waals surface area contributed by atoms with E-state index in [-0.39, 0.29) is 11.6 Å². The van der Waals surface area contributed by atoms with E-state index in [1.165, 1.54) is 30.9 Å². The van der Waals surface area contributed by atoms with Crippen LogP contribution < -0.4 is 15.5 Å². The summed E-state index contributed by atoms with van der Waals surface area (Å²) in [7, 11) is 0. The van der Waals surface area contributed by atoms with Crippen LogP contribution in [-0.4, -0.2) is 78.2 Å². The third-order valence-corrected chi connectivity index (χ3v) is 6.53. The van der Waals surface area contributed by atoms with Gasteiger partial charge in [-0.3, -0.25) is 4.79 Å². The lowest BCUT2D eigenvalue weighted by Crippen LogP contribution is -2.42. The molecule has 5 rings (SSSR count). The van der Waals surface area contributed by atoms with Crippen molar-refractivity contribution in [2.24, 2.45) is 0 Å². The van der Waals surface area contributed by atoms with E-state index in [1.54, 1.807) is 18.3 Å². The summed E-state index contributed by atoms with van der Waals surface area (Å²) in [5.74, 6) is -0.345. The Morgan fingerprint density at radius 3 is 2.70 bits per heavy atom. The zero-order valence-electron chi connectivity index (χ0n) is 21.7. The lowest BCUT2D eigenvalue weighted by atomic mass is 10.0. The molecular formula is C26H26F2N10O2. The number of fused-ring (bicyclic) bond motifs is 1. The number of halogens is 2. The molecule has 14 heteroatoms. The first-order chi connectivity index (χ1) is 19.1. The molecule has 1 fully saturated rings. The summed E-state index contributed by atoms with van der Waals surface area (Å²) in [5, 5.41) is 29.9. The quantitative estimate of drug-likeness (QED) is 0.298. The van der Waals surface area contributed by atoms with Gasteiger partial charge in [-0.2, -0.15) is 15.0 Å². The van der Waals surface area contributed by atoms with Crippen LogP contribution in [0.15, 0.2) is 43.1 Å². The number of aliphatic hydroxyl groups is 1. The van der Waals surface area contributed by atoms with Crippen molar-refractivity contribution in [3.8, 4) is 11.9 Å². The minimum absolute atomic E-state index is 0.133. The first-order valence-electron chi connectivity index (χ1n) is 12.5. The van der Waals surface area contributed by atoms with Crippen molar-refractivity contribution in [3.63, 3.8) is 0 Å². The van der Waals surface area contributed by atoms with E-state index in [0.29, 0.717) is 53.6 Å². The minimum atomic E-state index is -1.68. The van der Waals surface area contributed by atoms with Gasteiger partial charge in [0.2, 0.25) is 5.95 Å². The average molecular weight is 549 g/mol. The van der Waals surface area contributed by atoms with Crippen LogP contribution in [0.25, 0.3) is 16.9 Å². The monoisotopic (exact) mass is 548 g/mol. The largest absolute Gasteiger partial charge is 0.387 e. The molecule has 1 saturated heterocycles. The number of alkyl halides is 1. The molecule has 4 aromatic rings. The highest BCUT2D eigenvalue weighted by atomic mass is 19.1. The molecule has 3 N–H and O–H groups in total. The Morgan fingerprint density at radius 1 is 1.20 bits per heavy atom. The van der Waals surface area contributed by atoms with Gasteiger partial charge < -0.3 is 20.6 Å². The van der Waals surface area contributed by atoms with Crippen LogP contribution in [0.3, 0.4) is 0 Å². The summed E-state index contributed by atoms with van der Waals surface area (Å²) in [6.07, 6.45) is 5.56. The highest BCUT2D eigenvalue weighted by Gasteiger charge is 2.29. The predicted octanol–water partition coefficient (Wildman–Crippen LogP) is 2.15. The maximum Gasteiger partial charge on any atom is 0.255 e. The number of hydrogen-bond acceptors (Lipinski definition) is 10. The van der Waals surface area contributed by atoms with Gasteiger partial charge in [-0.1, -0.05) is 0 Å². The topological polar surface area (TPSA) is 158 Å². The molecule has 4 aromatic heterocycles. The molecule has 0 aliphatic carbocycles. The molecule has 40 heavy (non-hydrogen) atoms. The summed E-state index contributed by atoms with van der Waals surface area (Å²) in [6.45, 7) is 3.35. The van der Waals surface area contributed by atoms with Crippen molar-refractivity contribution in [2.45, 2.75) is 38.1 Å². The average Bonchev–Trinajstić information content (AvgIpc) is 3.58. The van der Waals surface area contributed by atoms with Crippen LogP contribution in [0.5, 0.6) is 0 Å². The highest BCUT2D eigenvalue weighted by molar-refractivity contribution is 5.99. The molecule has 0 saturated carbocycles. The van der Waals surface area contributed by atoms with Crippen LogP contribution in [-0.2, 0) is 0 Å². The van der Waals surface area contributed by atoms with E-state index >= 15 is 0 Å². The lowest BCUT2D eigenvalue weighted by Gasteiger charge is -2.23. The molecule has 0 radical (unpaired) electrons. The third kappa shape index (κ3) is 5.64. The summed E-state index contributed by atoms with van der Waals surface area (Å²) < 4.78 is 29.1. The Kier molecular flexibility index (Phi) is 7.22. The van der Waals surface area contributed by atoms with E-state index in [1.807, 2.05) is 11.0 Å². The van der Waals surface area contributed by atoms with Crippen molar-refractivity contribution in [1.82, 2.24) is 35.0 Å². The molecule has 2 atom stereocenters. The number of amides is 1. The molecule has 206 valence electrons. The highest BCUT2D eigenvalue weighted by Crippen LogP contribution is 2.25. The van der Waals surface area contributed by atoms with Gasteiger partial charge in [0.1, 0.15) is 12.2 Å². The SMILES string of the molecule is CC(C)(O)C(F)CNC(=O)c1cnc(-n2ncc3cc(C#N)cnc32)cc1NC1CCN(c2ncc(F)cn2)C1.